The van der Waals surface area contributed by atoms with E-state index in [1.54, 1.807) is 6.08 Å². The number of nitrogens with zero attached hydrogens (tertiary/aromatic N) is 1. The first-order chi connectivity index (χ1) is 7.24. The summed E-state index contributed by atoms with van der Waals surface area (Å²) in [6, 6.07) is 0.669. The number of hydrogen-bond donors (Lipinski definition) is 1. The van der Waals surface area contributed by atoms with Gasteiger partial charge in [0.05, 0.1) is 0 Å². The first-order valence-corrected chi connectivity index (χ1v) is 5.87. The Kier molecular flexibility index (Phi) is 5.40. The van der Waals surface area contributed by atoms with Crippen molar-refractivity contribution in [3.05, 3.63) is 12.2 Å². The zero-order chi connectivity index (χ0) is 11.1. The van der Waals surface area contributed by atoms with Gasteiger partial charge in [0.2, 0.25) is 0 Å². The van der Waals surface area contributed by atoms with Crippen LogP contribution in [0.15, 0.2) is 12.2 Å². The fourth-order valence-corrected chi connectivity index (χ4v) is 2.27. The molecule has 0 aromatic rings. The monoisotopic (exact) mass is 211 g/mol. The molecule has 0 spiro atoms. The third-order valence-electron chi connectivity index (χ3n) is 3.10. The number of carboxylic acids is 1. The van der Waals surface area contributed by atoms with Crippen LogP contribution in [0.2, 0.25) is 0 Å². The van der Waals surface area contributed by atoms with E-state index in [0.29, 0.717) is 6.04 Å². The van der Waals surface area contributed by atoms with Crippen LogP contribution in [0.5, 0.6) is 0 Å². The van der Waals surface area contributed by atoms with E-state index < -0.39 is 5.97 Å². The average molecular weight is 211 g/mol. The van der Waals surface area contributed by atoms with Crippen molar-refractivity contribution in [2.24, 2.45) is 0 Å². The second-order valence-corrected chi connectivity index (χ2v) is 4.12. The summed E-state index contributed by atoms with van der Waals surface area (Å²) in [4.78, 5) is 12.7. The van der Waals surface area contributed by atoms with Gasteiger partial charge in [-0.25, -0.2) is 4.79 Å². The maximum Gasteiger partial charge on any atom is 0.328 e. The van der Waals surface area contributed by atoms with Gasteiger partial charge in [0.25, 0.3) is 0 Å². The highest BCUT2D eigenvalue weighted by Gasteiger charge is 2.18. The molecule has 0 unspecified atom stereocenters. The van der Waals surface area contributed by atoms with E-state index in [1.165, 1.54) is 38.2 Å². The molecule has 1 saturated carbocycles. The lowest BCUT2D eigenvalue weighted by atomic mass is 9.94. The van der Waals surface area contributed by atoms with Crippen molar-refractivity contribution >= 4 is 5.97 Å². The molecule has 1 aliphatic rings. The first-order valence-electron chi connectivity index (χ1n) is 5.87. The van der Waals surface area contributed by atoms with Crippen molar-refractivity contribution in [2.45, 2.75) is 45.1 Å². The minimum atomic E-state index is -0.852. The molecular weight excluding hydrogens is 190 g/mol. The van der Waals surface area contributed by atoms with E-state index in [0.717, 1.165) is 13.1 Å². The Morgan fingerprint density at radius 1 is 1.40 bits per heavy atom. The lowest BCUT2D eigenvalue weighted by Crippen LogP contribution is -2.36. The van der Waals surface area contributed by atoms with Gasteiger partial charge in [0.15, 0.2) is 0 Å². The van der Waals surface area contributed by atoms with Crippen molar-refractivity contribution in [1.82, 2.24) is 4.90 Å². The molecule has 3 nitrogen and oxygen atoms in total. The van der Waals surface area contributed by atoms with E-state index in [4.69, 9.17) is 5.11 Å². The molecule has 0 radical (unpaired) electrons. The quantitative estimate of drug-likeness (QED) is 0.709. The summed E-state index contributed by atoms with van der Waals surface area (Å²) < 4.78 is 0. The van der Waals surface area contributed by atoms with Crippen molar-refractivity contribution in [3.8, 4) is 0 Å². The molecule has 15 heavy (non-hydrogen) atoms. The van der Waals surface area contributed by atoms with Crippen LogP contribution in [-0.4, -0.2) is 35.1 Å². The van der Waals surface area contributed by atoms with Gasteiger partial charge in [-0.15, -0.1) is 0 Å². The van der Waals surface area contributed by atoms with Crippen LogP contribution in [0.1, 0.15) is 39.0 Å². The van der Waals surface area contributed by atoms with Crippen LogP contribution in [0.4, 0.5) is 0 Å². The zero-order valence-corrected chi connectivity index (χ0v) is 9.48. The molecule has 0 aliphatic heterocycles. The SMILES string of the molecule is CCN(CC=CC(=O)O)C1CCCCC1. The van der Waals surface area contributed by atoms with Crippen LogP contribution in [0.3, 0.4) is 0 Å². The van der Waals surface area contributed by atoms with Crippen LogP contribution in [0, 0.1) is 0 Å². The van der Waals surface area contributed by atoms with Crippen LogP contribution >= 0.6 is 0 Å². The van der Waals surface area contributed by atoms with E-state index >= 15 is 0 Å². The molecule has 1 aliphatic carbocycles. The van der Waals surface area contributed by atoms with Crippen LogP contribution in [0.25, 0.3) is 0 Å². The summed E-state index contributed by atoms with van der Waals surface area (Å²) in [5.74, 6) is -0.852. The minimum absolute atomic E-state index is 0.669. The summed E-state index contributed by atoms with van der Waals surface area (Å²) in [6.07, 6.45) is 9.54. The van der Waals surface area contributed by atoms with Gasteiger partial charge in [-0.2, -0.15) is 0 Å². The van der Waals surface area contributed by atoms with Gasteiger partial charge in [-0.05, 0) is 19.4 Å². The molecule has 86 valence electrons. The second kappa shape index (κ2) is 6.62. The van der Waals surface area contributed by atoms with Gasteiger partial charge in [0, 0.05) is 18.7 Å². The molecule has 1 fully saturated rings. The molecule has 3 heteroatoms. The molecule has 0 saturated heterocycles. The highest BCUT2D eigenvalue weighted by atomic mass is 16.4. The fourth-order valence-electron chi connectivity index (χ4n) is 2.27. The third kappa shape index (κ3) is 4.47. The Morgan fingerprint density at radius 2 is 2.07 bits per heavy atom. The molecule has 1 N–H and O–H groups in total. The second-order valence-electron chi connectivity index (χ2n) is 4.12. The zero-order valence-electron chi connectivity index (χ0n) is 9.48. The van der Waals surface area contributed by atoms with Crippen molar-refractivity contribution < 1.29 is 9.90 Å². The number of carbonyl (C=O) groups is 1. The standard InChI is InChI=1S/C12H21NO2/c1-2-13(10-6-9-12(14)15)11-7-4-3-5-8-11/h6,9,11H,2-5,7-8,10H2,1H3,(H,14,15). The number of aliphatic carboxylic acids is 1. The largest absolute Gasteiger partial charge is 0.478 e. The maximum absolute atomic E-state index is 10.3. The van der Waals surface area contributed by atoms with Crippen molar-refractivity contribution in [2.75, 3.05) is 13.1 Å². The Hall–Kier alpha value is -0.830. The van der Waals surface area contributed by atoms with Crippen molar-refractivity contribution in [3.63, 3.8) is 0 Å². The maximum atomic E-state index is 10.3. The Bertz CT molecular complexity index is 220. The predicted molar refractivity (Wildman–Crippen MR) is 60.9 cm³/mol. The number of likely N-dealkylation sites (N-methyl/N-ethyl adjacent to an activating group) is 1. The number of carboxylic acid groups (broad SMARTS) is 1. The lowest BCUT2D eigenvalue weighted by molar-refractivity contribution is -0.131. The van der Waals surface area contributed by atoms with E-state index in [2.05, 4.69) is 11.8 Å². The average Bonchev–Trinajstić information content (AvgIpc) is 2.25. The summed E-state index contributed by atoms with van der Waals surface area (Å²) in [6.45, 7) is 3.92. The summed E-state index contributed by atoms with van der Waals surface area (Å²) in [5.41, 5.74) is 0. The summed E-state index contributed by atoms with van der Waals surface area (Å²) in [5, 5.41) is 8.50. The van der Waals surface area contributed by atoms with Crippen LogP contribution in [-0.2, 0) is 4.79 Å². The van der Waals surface area contributed by atoms with Gasteiger partial charge in [0.1, 0.15) is 0 Å². The number of rotatable bonds is 5. The highest BCUT2D eigenvalue weighted by Crippen LogP contribution is 2.22. The number of hydrogen-bond acceptors (Lipinski definition) is 2. The Balaban J connectivity index is 2.36. The van der Waals surface area contributed by atoms with Gasteiger partial charge in [-0.3, -0.25) is 4.90 Å². The molecule has 0 aromatic heterocycles. The smallest absolute Gasteiger partial charge is 0.328 e. The summed E-state index contributed by atoms with van der Waals surface area (Å²) in [7, 11) is 0. The lowest BCUT2D eigenvalue weighted by Gasteiger charge is -2.32. The van der Waals surface area contributed by atoms with Gasteiger partial charge < -0.3 is 5.11 Å². The fraction of sp³-hybridized carbons (Fsp3) is 0.750. The normalized spacial score (nSPS) is 18.8. The minimum Gasteiger partial charge on any atom is -0.478 e. The van der Waals surface area contributed by atoms with Gasteiger partial charge in [-0.1, -0.05) is 32.3 Å². The van der Waals surface area contributed by atoms with Gasteiger partial charge >= 0.3 is 5.97 Å². The first kappa shape index (κ1) is 12.2. The molecule has 0 amide bonds. The molecule has 0 aromatic carbocycles. The van der Waals surface area contributed by atoms with E-state index in [1.807, 2.05) is 0 Å². The molecular formula is C12H21NO2. The highest BCUT2D eigenvalue weighted by molar-refractivity contribution is 5.79. The third-order valence-corrected chi connectivity index (χ3v) is 3.10. The van der Waals surface area contributed by atoms with Crippen molar-refractivity contribution in [1.29, 1.82) is 0 Å². The van der Waals surface area contributed by atoms with E-state index in [9.17, 15) is 4.79 Å². The topological polar surface area (TPSA) is 40.5 Å². The predicted octanol–water partition coefficient (Wildman–Crippen LogP) is 2.28. The Labute approximate surface area is 91.8 Å². The van der Waals surface area contributed by atoms with Crippen LogP contribution < -0.4 is 0 Å². The Morgan fingerprint density at radius 3 is 2.60 bits per heavy atom. The molecule has 0 heterocycles. The molecule has 0 atom stereocenters. The molecule has 1 rings (SSSR count). The summed E-state index contributed by atoms with van der Waals surface area (Å²) >= 11 is 0. The van der Waals surface area contributed by atoms with E-state index in [-0.39, 0.29) is 0 Å². The molecule has 0 bridgehead atoms.